The average molecular weight is 263 g/mol. The molecule has 6 nitrogen and oxygen atoms in total. The number of piperidine rings is 1. The number of hydrogen-bond donors (Lipinski definition) is 2. The van der Waals surface area contributed by atoms with Gasteiger partial charge in [-0.05, 0) is 20.8 Å². The van der Waals surface area contributed by atoms with Gasteiger partial charge in [-0.15, -0.1) is 0 Å². The van der Waals surface area contributed by atoms with E-state index < -0.39 is 36.0 Å². The number of carbonyl (C=O) groups excluding carboxylic acids is 1. The third-order valence-corrected chi connectivity index (χ3v) is 2.68. The zero-order valence-corrected chi connectivity index (χ0v) is 10.6. The molecule has 1 rings (SSSR count). The molecule has 2 unspecified atom stereocenters. The number of aliphatic carboxylic acids is 1. The molecule has 0 aliphatic carbocycles. The Morgan fingerprint density at radius 3 is 2.39 bits per heavy atom. The molecule has 0 aromatic carbocycles. The number of nitrogens with zero attached hydrogens (tertiary/aromatic N) is 1. The zero-order chi connectivity index (χ0) is 14.1. The van der Waals surface area contributed by atoms with Crippen LogP contribution in [0.2, 0.25) is 0 Å². The summed E-state index contributed by atoms with van der Waals surface area (Å²) < 4.78 is 18.7. The Bertz CT molecular complexity index is 354. The number of rotatable bonds is 1. The van der Waals surface area contributed by atoms with Gasteiger partial charge in [-0.2, -0.15) is 0 Å². The fraction of sp³-hybridized carbons (Fsp3) is 0.818. The first-order valence-electron chi connectivity index (χ1n) is 5.64. The molecule has 0 spiro atoms. The van der Waals surface area contributed by atoms with Crippen molar-refractivity contribution < 1.29 is 28.9 Å². The zero-order valence-electron chi connectivity index (χ0n) is 10.6. The van der Waals surface area contributed by atoms with E-state index in [9.17, 15) is 19.1 Å². The Hall–Kier alpha value is -1.37. The molecule has 1 saturated heterocycles. The monoisotopic (exact) mass is 263 g/mol. The molecule has 1 aliphatic heterocycles. The standard InChI is InChI=1S/C11H18FNO5/c1-10(2,3)18-9(16)13-5-4-11(17,8(14)15)7(12)6-13/h7,17H,4-6H2,1-3H3,(H,14,15). The van der Waals surface area contributed by atoms with E-state index in [0.29, 0.717) is 0 Å². The highest BCUT2D eigenvalue weighted by Crippen LogP contribution is 2.26. The topological polar surface area (TPSA) is 87.1 Å². The van der Waals surface area contributed by atoms with Gasteiger partial charge in [-0.1, -0.05) is 0 Å². The third-order valence-electron chi connectivity index (χ3n) is 2.68. The van der Waals surface area contributed by atoms with Crippen LogP contribution in [0.4, 0.5) is 9.18 Å². The van der Waals surface area contributed by atoms with Crippen molar-refractivity contribution in [2.45, 2.75) is 44.6 Å². The van der Waals surface area contributed by atoms with Crippen LogP contribution in [0.5, 0.6) is 0 Å². The SMILES string of the molecule is CC(C)(C)OC(=O)N1CCC(O)(C(=O)O)C(F)C1. The summed E-state index contributed by atoms with van der Waals surface area (Å²) in [6.07, 6.45) is -3.10. The molecule has 1 amide bonds. The maximum Gasteiger partial charge on any atom is 0.410 e. The van der Waals surface area contributed by atoms with Crippen molar-refractivity contribution in [3.63, 3.8) is 0 Å². The van der Waals surface area contributed by atoms with Crippen LogP contribution in [0.15, 0.2) is 0 Å². The summed E-state index contributed by atoms with van der Waals surface area (Å²) in [6, 6.07) is 0. The minimum atomic E-state index is -2.42. The quantitative estimate of drug-likeness (QED) is 0.730. The van der Waals surface area contributed by atoms with E-state index in [1.807, 2.05) is 0 Å². The summed E-state index contributed by atoms with van der Waals surface area (Å²) in [5.74, 6) is -1.61. The summed E-state index contributed by atoms with van der Waals surface area (Å²) >= 11 is 0. The van der Waals surface area contributed by atoms with Crippen LogP contribution in [-0.2, 0) is 9.53 Å². The highest BCUT2D eigenvalue weighted by molar-refractivity contribution is 5.79. The minimum Gasteiger partial charge on any atom is -0.479 e. The van der Waals surface area contributed by atoms with E-state index in [4.69, 9.17) is 9.84 Å². The van der Waals surface area contributed by atoms with Crippen molar-refractivity contribution in [3.8, 4) is 0 Å². The minimum absolute atomic E-state index is 0.0574. The molecule has 2 N–H and O–H groups in total. The lowest BCUT2D eigenvalue weighted by Gasteiger charge is -2.38. The largest absolute Gasteiger partial charge is 0.479 e. The van der Waals surface area contributed by atoms with Crippen LogP contribution < -0.4 is 0 Å². The number of halogens is 1. The summed E-state index contributed by atoms with van der Waals surface area (Å²) in [5.41, 5.74) is -3.12. The first kappa shape index (κ1) is 14.7. The van der Waals surface area contributed by atoms with Crippen LogP contribution >= 0.6 is 0 Å². The van der Waals surface area contributed by atoms with Gasteiger partial charge in [-0.3, -0.25) is 0 Å². The normalized spacial score (nSPS) is 28.9. The number of amides is 1. The van der Waals surface area contributed by atoms with Crippen molar-refractivity contribution in [1.82, 2.24) is 4.90 Å². The van der Waals surface area contributed by atoms with Crippen LogP contribution in [-0.4, -0.2) is 57.6 Å². The van der Waals surface area contributed by atoms with Crippen molar-refractivity contribution in [2.24, 2.45) is 0 Å². The highest BCUT2D eigenvalue weighted by atomic mass is 19.1. The second kappa shape index (κ2) is 4.72. The van der Waals surface area contributed by atoms with Crippen LogP contribution in [0, 0.1) is 0 Å². The lowest BCUT2D eigenvalue weighted by molar-refractivity contribution is -0.173. The van der Waals surface area contributed by atoms with Crippen molar-refractivity contribution in [2.75, 3.05) is 13.1 Å². The van der Waals surface area contributed by atoms with E-state index in [1.165, 1.54) is 0 Å². The molecule has 2 atom stereocenters. The molecular weight excluding hydrogens is 245 g/mol. The predicted molar refractivity (Wildman–Crippen MR) is 59.9 cm³/mol. The van der Waals surface area contributed by atoms with Crippen molar-refractivity contribution >= 4 is 12.1 Å². The number of carboxylic acid groups (broad SMARTS) is 1. The Labute approximate surface area is 104 Å². The number of ether oxygens (including phenoxy) is 1. The maximum atomic E-state index is 13.6. The number of carbonyl (C=O) groups is 2. The Morgan fingerprint density at radius 1 is 1.44 bits per heavy atom. The van der Waals surface area contributed by atoms with Crippen LogP contribution in [0.3, 0.4) is 0 Å². The third kappa shape index (κ3) is 3.10. The molecule has 1 heterocycles. The molecule has 0 aromatic heterocycles. The first-order chi connectivity index (χ1) is 8.06. The molecule has 1 aliphatic rings. The number of hydrogen-bond acceptors (Lipinski definition) is 4. The van der Waals surface area contributed by atoms with E-state index in [-0.39, 0.29) is 13.0 Å². The van der Waals surface area contributed by atoms with Gasteiger partial charge >= 0.3 is 12.1 Å². The number of aliphatic hydroxyl groups is 1. The second-order valence-electron chi connectivity index (χ2n) is 5.37. The fourth-order valence-corrected chi connectivity index (χ4v) is 1.63. The number of alkyl halides is 1. The second-order valence-corrected chi connectivity index (χ2v) is 5.37. The predicted octanol–water partition coefficient (Wildman–Crippen LogP) is 0.781. The summed E-state index contributed by atoms with van der Waals surface area (Å²) in [6.45, 7) is 4.48. The van der Waals surface area contributed by atoms with Gasteiger partial charge in [-0.25, -0.2) is 14.0 Å². The summed E-state index contributed by atoms with van der Waals surface area (Å²) in [7, 11) is 0. The molecule has 0 bridgehead atoms. The van der Waals surface area contributed by atoms with Gasteiger partial charge in [0.1, 0.15) is 5.60 Å². The number of likely N-dealkylation sites (tertiary alicyclic amines) is 1. The van der Waals surface area contributed by atoms with E-state index in [0.717, 1.165) is 4.90 Å². The van der Waals surface area contributed by atoms with Crippen LogP contribution in [0.1, 0.15) is 27.2 Å². The fourth-order valence-electron chi connectivity index (χ4n) is 1.63. The van der Waals surface area contributed by atoms with Gasteiger partial charge in [0.2, 0.25) is 0 Å². The van der Waals surface area contributed by atoms with Gasteiger partial charge in [0, 0.05) is 13.0 Å². The van der Waals surface area contributed by atoms with E-state index in [1.54, 1.807) is 20.8 Å². The summed E-state index contributed by atoms with van der Waals surface area (Å²) in [4.78, 5) is 23.5. The Balaban J connectivity index is 2.67. The summed E-state index contributed by atoms with van der Waals surface area (Å²) in [5, 5.41) is 18.4. The van der Waals surface area contributed by atoms with Crippen molar-refractivity contribution in [3.05, 3.63) is 0 Å². The molecule has 18 heavy (non-hydrogen) atoms. The van der Waals surface area contributed by atoms with E-state index in [2.05, 4.69) is 0 Å². The molecular formula is C11H18FNO5. The molecule has 1 fully saturated rings. The Kier molecular flexibility index (Phi) is 3.85. The smallest absolute Gasteiger partial charge is 0.410 e. The Morgan fingerprint density at radius 2 is 2.00 bits per heavy atom. The molecule has 7 heteroatoms. The average Bonchev–Trinajstić information content (AvgIpc) is 2.19. The molecule has 0 saturated carbocycles. The van der Waals surface area contributed by atoms with Gasteiger partial charge in [0.25, 0.3) is 0 Å². The van der Waals surface area contributed by atoms with Gasteiger partial charge < -0.3 is 19.8 Å². The van der Waals surface area contributed by atoms with Crippen LogP contribution in [0.25, 0.3) is 0 Å². The highest BCUT2D eigenvalue weighted by Gasteiger charge is 2.49. The molecule has 0 radical (unpaired) electrons. The van der Waals surface area contributed by atoms with Crippen molar-refractivity contribution in [1.29, 1.82) is 0 Å². The van der Waals surface area contributed by atoms with Gasteiger partial charge in [0.15, 0.2) is 11.8 Å². The van der Waals surface area contributed by atoms with Gasteiger partial charge in [0.05, 0.1) is 6.54 Å². The molecule has 0 aromatic rings. The van der Waals surface area contributed by atoms with E-state index >= 15 is 0 Å². The number of carboxylic acids is 1. The maximum absolute atomic E-state index is 13.6. The lowest BCUT2D eigenvalue weighted by atomic mass is 9.90. The lowest BCUT2D eigenvalue weighted by Crippen LogP contribution is -2.59. The first-order valence-corrected chi connectivity index (χ1v) is 5.64. The molecule has 104 valence electrons.